The maximum absolute atomic E-state index is 13.8. The fraction of sp³-hybridized carbons (Fsp3) is 0.516. The number of ether oxygens (including phenoxy) is 4. The van der Waals surface area contributed by atoms with E-state index in [1.807, 2.05) is 23.1 Å². The van der Waals surface area contributed by atoms with E-state index in [4.69, 9.17) is 18.9 Å². The van der Waals surface area contributed by atoms with Crippen LogP contribution in [0.3, 0.4) is 0 Å². The van der Waals surface area contributed by atoms with Crippen molar-refractivity contribution >= 4 is 24.9 Å². The van der Waals surface area contributed by atoms with Crippen molar-refractivity contribution in [3.8, 4) is 17.4 Å². The van der Waals surface area contributed by atoms with Gasteiger partial charge in [-0.05, 0) is 49.9 Å². The first-order valence-corrected chi connectivity index (χ1v) is 18.4. The van der Waals surface area contributed by atoms with Gasteiger partial charge in [-0.15, -0.1) is 0 Å². The van der Waals surface area contributed by atoms with Crippen LogP contribution in [-0.2, 0) is 11.5 Å². The van der Waals surface area contributed by atoms with Crippen LogP contribution in [0.1, 0.15) is 42.5 Å². The lowest BCUT2D eigenvalue weighted by molar-refractivity contribution is 0.0708. The molecule has 0 unspecified atom stereocenters. The summed E-state index contributed by atoms with van der Waals surface area (Å²) in [6.07, 6.45) is 6.57. The largest absolute Gasteiger partial charge is 0.490 e. The van der Waals surface area contributed by atoms with Crippen LogP contribution in [0.2, 0.25) is 25.7 Å². The number of benzene rings is 1. The van der Waals surface area contributed by atoms with E-state index in [1.54, 1.807) is 29.0 Å². The van der Waals surface area contributed by atoms with Gasteiger partial charge in [-0.3, -0.25) is 14.2 Å². The molecule has 2 aliphatic heterocycles. The lowest BCUT2D eigenvalue weighted by atomic mass is 10.1. The van der Waals surface area contributed by atoms with E-state index in [0.717, 1.165) is 37.1 Å². The zero-order valence-electron chi connectivity index (χ0n) is 24.1. The van der Waals surface area contributed by atoms with Gasteiger partial charge < -0.3 is 23.8 Å². The molecule has 6 rings (SSSR count). The molecule has 0 bridgehead atoms. The van der Waals surface area contributed by atoms with E-state index >= 15 is 0 Å². The summed E-state index contributed by atoms with van der Waals surface area (Å²) in [6, 6.07) is 11.6. The van der Waals surface area contributed by atoms with Crippen LogP contribution >= 0.6 is 0 Å². The normalized spacial score (nSPS) is 21.0. The van der Waals surface area contributed by atoms with Crippen molar-refractivity contribution in [1.29, 1.82) is 0 Å². The Morgan fingerprint density at radius 1 is 1.05 bits per heavy atom. The van der Waals surface area contributed by atoms with Crippen LogP contribution in [0.15, 0.2) is 47.4 Å². The molecule has 10 heteroatoms. The molecule has 3 aliphatic rings. The van der Waals surface area contributed by atoms with Crippen LogP contribution in [0.25, 0.3) is 10.9 Å². The fourth-order valence-corrected chi connectivity index (χ4v) is 6.65. The van der Waals surface area contributed by atoms with Crippen molar-refractivity contribution in [2.75, 3.05) is 19.8 Å². The minimum atomic E-state index is -1.23. The number of nitrogens with zero attached hydrogens (tertiary/aromatic N) is 3. The molecule has 1 aliphatic carbocycles. The second kappa shape index (κ2) is 11.5. The molecular formula is C31H39N3O6Si. The highest BCUT2D eigenvalue weighted by atomic mass is 28.3. The number of hydrogen-bond donors (Lipinski definition) is 0. The summed E-state index contributed by atoms with van der Waals surface area (Å²) >= 11 is 0. The van der Waals surface area contributed by atoms with Crippen molar-refractivity contribution in [2.45, 2.75) is 82.8 Å². The molecule has 4 heterocycles. The smallest absolute Gasteiger partial charge is 0.261 e. The Labute approximate surface area is 241 Å². The molecular weight excluding hydrogens is 538 g/mol. The van der Waals surface area contributed by atoms with Gasteiger partial charge in [0, 0.05) is 44.8 Å². The minimum absolute atomic E-state index is 0.0852. The maximum atomic E-state index is 13.8. The highest BCUT2D eigenvalue weighted by molar-refractivity contribution is 6.76. The van der Waals surface area contributed by atoms with Gasteiger partial charge in [-0.25, -0.2) is 4.98 Å². The van der Waals surface area contributed by atoms with Gasteiger partial charge in [0.25, 0.3) is 11.5 Å². The molecule has 218 valence electrons. The van der Waals surface area contributed by atoms with Gasteiger partial charge in [0.2, 0.25) is 5.88 Å². The van der Waals surface area contributed by atoms with E-state index in [2.05, 4.69) is 24.6 Å². The molecule has 0 radical (unpaired) electrons. The summed E-state index contributed by atoms with van der Waals surface area (Å²) in [7, 11) is -1.23. The number of hydrogen-bond acceptors (Lipinski definition) is 7. The molecule has 1 aromatic carbocycles. The third-order valence-corrected chi connectivity index (χ3v) is 9.92. The Bertz CT molecular complexity index is 1480. The number of carbonyl (C=O) groups is 1. The first kappa shape index (κ1) is 27.8. The first-order valence-electron chi connectivity index (χ1n) is 14.7. The maximum Gasteiger partial charge on any atom is 0.261 e. The number of amides is 1. The molecule has 41 heavy (non-hydrogen) atoms. The second-order valence-corrected chi connectivity index (χ2v) is 18.2. The third-order valence-electron chi connectivity index (χ3n) is 8.22. The number of aromatic nitrogens is 2. The van der Waals surface area contributed by atoms with Gasteiger partial charge in [0.15, 0.2) is 0 Å². The highest BCUT2D eigenvalue weighted by Gasteiger charge is 2.41. The van der Waals surface area contributed by atoms with Crippen LogP contribution < -0.4 is 19.8 Å². The van der Waals surface area contributed by atoms with Gasteiger partial charge in [0.05, 0.1) is 24.2 Å². The van der Waals surface area contributed by atoms with E-state index in [9.17, 15) is 9.59 Å². The molecule has 3 aromatic rings. The van der Waals surface area contributed by atoms with Gasteiger partial charge >= 0.3 is 0 Å². The van der Waals surface area contributed by atoms with Crippen LogP contribution in [0, 0.1) is 0 Å². The van der Waals surface area contributed by atoms with Crippen LogP contribution in [-0.4, -0.2) is 66.4 Å². The van der Waals surface area contributed by atoms with Gasteiger partial charge in [-0.1, -0.05) is 25.7 Å². The number of rotatable bonds is 9. The van der Waals surface area contributed by atoms with Crippen molar-refractivity contribution in [3.05, 3.63) is 58.5 Å². The summed E-state index contributed by atoms with van der Waals surface area (Å²) in [5.41, 5.74) is 1.09. The Morgan fingerprint density at radius 3 is 2.68 bits per heavy atom. The summed E-state index contributed by atoms with van der Waals surface area (Å²) in [5, 5.41) is 0.834. The topological polar surface area (TPSA) is 92.1 Å². The molecule has 2 aromatic heterocycles. The summed E-state index contributed by atoms with van der Waals surface area (Å²) in [4.78, 5) is 32.9. The third kappa shape index (κ3) is 6.13. The minimum Gasteiger partial charge on any atom is -0.490 e. The lowest BCUT2D eigenvalue weighted by Crippen LogP contribution is -2.37. The molecule has 9 nitrogen and oxygen atoms in total. The van der Waals surface area contributed by atoms with E-state index in [-0.39, 0.29) is 36.4 Å². The van der Waals surface area contributed by atoms with E-state index < -0.39 is 8.07 Å². The molecule has 0 spiro atoms. The SMILES string of the molecule is C[Si](C)(C)CCOCn1c(=O)ccc2cnc(O[C@H]3C[C@@H]4COc5cccc(OC6CCCC6)c5C(=O)N4C3)cc21. The van der Waals surface area contributed by atoms with Crippen molar-refractivity contribution < 1.29 is 23.7 Å². The molecule has 1 amide bonds. The Morgan fingerprint density at radius 2 is 1.88 bits per heavy atom. The average molecular weight is 578 g/mol. The van der Waals surface area contributed by atoms with Crippen molar-refractivity contribution in [2.24, 2.45) is 0 Å². The molecule has 0 N–H and O–H groups in total. The molecule has 2 atom stereocenters. The monoisotopic (exact) mass is 577 g/mol. The Kier molecular flexibility index (Phi) is 7.78. The number of fused-ring (bicyclic) bond motifs is 3. The zero-order chi connectivity index (χ0) is 28.6. The van der Waals surface area contributed by atoms with E-state index in [1.165, 1.54) is 0 Å². The molecule has 1 saturated carbocycles. The summed E-state index contributed by atoms with van der Waals surface area (Å²) < 4.78 is 26.2. The zero-order valence-corrected chi connectivity index (χ0v) is 25.1. The second-order valence-electron chi connectivity index (χ2n) is 12.6. The summed E-state index contributed by atoms with van der Waals surface area (Å²) in [6.45, 7) is 8.52. The van der Waals surface area contributed by atoms with Crippen LogP contribution in [0.5, 0.6) is 17.4 Å². The number of pyridine rings is 2. The Hall–Kier alpha value is -3.37. The van der Waals surface area contributed by atoms with Crippen molar-refractivity contribution in [3.63, 3.8) is 0 Å². The number of carbonyl (C=O) groups excluding carboxylic acids is 1. The van der Waals surface area contributed by atoms with Crippen molar-refractivity contribution in [1.82, 2.24) is 14.5 Å². The average Bonchev–Trinajstić information content (AvgIpc) is 3.57. The lowest BCUT2D eigenvalue weighted by Gasteiger charge is -2.22. The van der Waals surface area contributed by atoms with Gasteiger partial charge in [0.1, 0.15) is 36.5 Å². The Balaban J connectivity index is 1.17. The van der Waals surface area contributed by atoms with E-state index in [0.29, 0.717) is 54.6 Å². The summed E-state index contributed by atoms with van der Waals surface area (Å²) in [5.74, 6) is 1.52. The standard InChI is InChI=1S/C31H39N3O6Si/c1-41(2,3)14-13-37-20-34-25-16-28(32-17-21(25)11-12-29(34)35)40-24-15-22-19-38-26-9-6-10-27(39-23-7-4-5-8-23)30(26)31(36)33(22)18-24/h6,9-12,16-17,22-24H,4-5,7-8,13-15,18-20H2,1-3H3/t22-,24+/m1/s1. The quantitative estimate of drug-likeness (QED) is 0.259. The predicted molar refractivity (Wildman–Crippen MR) is 159 cm³/mol. The molecule has 1 saturated heterocycles. The fourth-order valence-electron chi connectivity index (χ4n) is 5.89. The van der Waals surface area contributed by atoms with Crippen LogP contribution in [0.4, 0.5) is 0 Å². The molecule has 2 fully saturated rings. The predicted octanol–water partition coefficient (Wildman–Crippen LogP) is 5.08. The first-order chi connectivity index (χ1) is 19.7. The highest BCUT2D eigenvalue weighted by Crippen LogP contribution is 2.37. The van der Waals surface area contributed by atoms with Gasteiger partial charge in [-0.2, -0.15) is 0 Å².